The van der Waals surface area contributed by atoms with Crippen LogP contribution in [0.5, 0.6) is 0 Å². The molecule has 0 aliphatic carbocycles. The molecule has 0 fully saturated rings. The highest BCUT2D eigenvalue weighted by Gasteiger charge is 2.04. The van der Waals surface area contributed by atoms with E-state index in [0.717, 1.165) is 45.0 Å². The minimum atomic E-state index is 0.928. The van der Waals surface area contributed by atoms with Gasteiger partial charge in [-0.2, -0.15) is 0 Å². The number of hydrogen-bond acceptors (Lipinski definition) is 0. The Morgan fingerprint density at radius 3 is 1.78 bits per heavy atom. The van der Waals surface area contributed by atoms with Gasteiger partial charge in [-0.25, -0.2) is 0 Å². The second kappa shape index (κ2) is 9.75. The van der Waals surface area contributed by atoms with E-state index >= 15 is 0 Å². The molecule has 152 valence electrons. The highest BCUT2D eigenvalue weighted by atomic mass is 14.1. The molecule has 0 aliphatic rings. The van der Waals surface area contributed by atoms with Crippen molar-refractivity contribution >= 4 is 10.8 Å². The molecule has 0 spiro atoms. The summed E-state index contributed by atoms with van der Waals surface area (Å²) < 4.78 is 0. The molecule has 0 heteroatoms. The van der Waals surface area contributed by atoms with Crippen molar-refractivity contribution in [3.05, 3.63) is 118 Å². The summed E-state index contributed by atoms with van der Waals surface area (Å²) in [6, 6.07) is 27.1. The molecule has 0 N–H and O–H groups in total. The van der Waals surface area contributed by atoms with Crippen molar-refractivity contribution in [2.24, 2.45) is 0 Å². The average molecular weight is 409 g/mol. The smallest absolute Gasteiger partial charge is 0.0328 e. The maximum Gasteiger partial charge on any atom is 0.0328 e. The quantitative estimate of drug-likeness (QED) is 0.301. The van der Waals surface area contributed by atoms with Gasteiger partial charge in [-0.15, -0.1) is 5.92 Å². The van der Waals surface area contributed by atoms with Crippen molar-refractivity contribution in [1.29, 1.82) is 0 Å². The second-order valence-corrected chi connectivity index (χ2v) is 7.67. The van der Waals surface area contributed by atoms with Crippen LogP contribution in [0.15, 0.2) is 78.9 Å². The Morgan fingerprint density at radius 1 is 0.594 bits per heavy atom. The molecule has 0 nitrogen and oxygen atoms in total. The lowest BCUT2D eigenvalue weighted by Crippen LogP contribution is -1.90. The average Bonchev–Trinajstić information content (AvgIpc) is 2.83. The predicted molar refractivity (Wildman–Crippen MR) is 135 cm³/mol. The van der Waals surface area contributed by atoms with Crippen LogP contribution in [0.2, 0.25) is 0 Å². The van der Waals surface area contributed by atoms with Crippen LogP contribution >= 0.6 is 0 Å². The van der Waals surface area contributed by atoms with Gasteiger partial charge in [0, 0.05) is 27.8 Å². The maximum atomic E-state index is 3.40. The molecule has 4 aromatic carbocycles. The molecule has 0 atom stereocenters. The topological polar surface area (TPSA) is 0 Å². The molecule has 0 unspecified atom stereocenters. The SMILES string of the molecule is CC#Cc1ccc(C#Cc2ccc(C#Cc3ccc(C)cc3)c3ccccc23)c(CC)c1. The first-order chi connectivity index (χ1) is 15.7. The molecule has 0 saturated carbocycles. The Hall–Kier alpha value is -4.18. The van der Waals surface area contributed by atoms with E-state index in [0.29, 0.717) is 0 Å². The molecule has 0 heterocycles. The maximum absolute atomic E-state index is 3.40. The first kappa shape index (κ1) is 21.1. The minimum Gasteiger partial charge on any atom is -0.101 e. The van der Waals surface area contributed by atoms with Gasteiger partial charge in [-0.1, -0.05) is 78.5 Å². The summed E-state index contributed by atoms with van der Waals surface area (Å²) >= 11 is 0. The summed E-state index contributed by atoms with van der Waals surface area (Å²) in [5.74, 6) is 19.5. The molecule has 4 rings (SSSR count). The fourth-order valence-electron chi connectivity index (χ4n) is 3.66. The molecule has 0 aliphatic heterocycles. The van der Waals surface area contributed by atoms with E-state index in [4.69, 9.17) is 0 Å². The first-order valence-corrected chi connectivity index (χ1v) is 10.9. The van der Waals surface area contributed by atoms with E-state index in [1.807, 2.05) is 13.0 Å². The Morgan fingerprint density at radius 2 is 1.16 bits per heavy atom. The van der Waals surface area contributed by atoms with Gasteiger partial charge in [-0.3, -0.25) is 0 Å². The number of aryl methyl sites for hydroxylation is 2. The Kier molecular flexibility index (Phi) is 6.42. The van der Waals surface area contributed by atoms with Crippen LogP contribution in [-0.4, -0.2) is 0 Å². The van der Waals surface area contributed by atoms with Crippen molar-refractivity contribution in [3.63, 3.8) is 0 Å². The lowest BCUT2D eigenvalue weighted by Gasteiger charge is -2.05. The van der Waals surface area contributed by atoms with Crippen LogP contribution in [-0.2, 0) is 6.42 Å². The summed E-state index contributed by atoms with van der Waals surface area (Å²) in [5, 5.41) is 2.26. The Bertz CT molecular complexity index is 1460. The van der Waals surface area contributed by atoms with Gasteiger partial charge in [0.1, 0.15) is 0 Å². The fourth-order valence-corrected chi connectivity index (χ4v) is 3.66. The van der Waals surface area contributed by atoms with E-state index in [1.165, 1.54) is 11.1 Å². The number of fused-ring (bicyclic) bond motifs is 1. The molecule has 4 aromatic rings. The van der Waals surface area contributed by atoms with Crippen LogP contribution in [0.3, 0.4) is 0 Å². The third-order valence-electron chi connectivity index (χ3n) is 5.40. The van der Waals surface area contributed by atoms with Crippen molar-refractivity contribution < 1.29 is 0 Å². The highest BCUT2D eigenvalue weighted by Crippen LogP contribution is 2.22. The van der Waals surface area contributed by atoms with Crippen LogP contribution in [0, 0.1) is 42.4 Å². The predicted octanol–water partition coefficient (Wildman–Crippen LogP) is 6.88. The Balaban J connectivity index is 1.73. The zero-order chi connectivity index (χ0) is 22.3. The van der Waals surface area contributed by atoms with Crippen LogP contribution in [0.25, 0.3) is 10.8 Å². The molecule has 0 aromatic heterocycles. The summed E-state index contributed by atoms with van der Waals surface area (Å²) in [6.45, 7) is 6.10. The molecular formula is C32H24. The van der Waals surface area contributed by atoms with Gasteiger partial charge >= 0.3 is 0 Å². The molecular weight excluding hydrogens is 384 g/mol. The van der Waals surface area contributed by atoms with Gasteiger partial charge in [0.15, 0.2) is 0 Å². The molecule has 32 heavy (non-hydrogen) atoms. The lowest BCUT2D eigenvalue weighted by atomic mass is 9.98. The third kappa shape index (κ3) is 4.76. The second-order valence-electron chi connectivity index (χ2n) is 7.67. The third-order valence-corrected chi connectivity index (χ3v) is 5.40. The summed E-state index contributed by atoms with van der Waals surface area (Å²) in [5.41, 5.74) is 7.61. The van der Waals surface area contributed by atoms with Gasteiger partial charge in [0.25, 0.3) is 0 Å². The van der Waals surface area contributed by atoms with Crippen molar-refractivity contribution in [3.8, 4) is 35.5 Å². The van der Waals surface area contributed by atoms with E-state index < -0.39 is 0 Å². The zero-order valence-electron chi connectivity index (χ0n) is 18.7. The van der Waals surface area contributed by atoms with E-state index in [9.17, 15) is 0 Å². The van der Waals surface area contributed by atoms with Crippen LogP contribution < -0.4 is 0 Å². The summed E-state index contributed by atoms with van der Waals surface area (Å²) in [4.78, 5) is 0. The monoisotopic (exact) mass is 408 g/mol. The van der Waals surface area contributed by atoms with Crippen molar-refractivity contribution in [1.82, 2.24) is 0 Å². The Labute approximate surface area is 191 Å². The normalized spacial score (nSPS) is 9.72. The summed E-state index contributed by atoms with van der Waals surface area (Å²) in [6.07, 6.45) is 0.928. The van der Waals surface area contributed by atoms with Crippen LogP contribution in [0.4, 0.5) is 0 Å². The van der Waals surface area contributed by atoms with E-state index in [-0.39, 0.29) is 0 Å². The molecule has 0 bridgehead atoms. The number of rotatable bonds is 1. The number of hydrogen-bond donors (Lipinski definition) is 0. The molecule has 0 saturated heterocycles. The number of benzene rings is 4. The molecule has 0 radical (unpaired) electrons. The van der Waals surface area contributed by atoms with Crippen LogP contribution in [0.1, 0.15) is 52.8 Å². The van der Waals surface area contributed by atoms with Gasteiger partial charge < -0.3 is 0 Å². The van der Waals surface area contributed by atoms with E-state index in [1.54, 1.807) is 0 Å². The van der Waals surface area contributed by atoms with Crippen molar-refractivity contribution in [2.75, 3.05) is 0 Å². The lowest BCUT2D eigenvalue weighted by molar-refractivity contribution is 1.13. The standard InChI is InChI=1S/C32H24/c1-4-8-26-16-17-28(27(5-2)23-26)19-20-30-22-21-29(31-9-6-7-10-32(30)31)18-15-25-13-11-24(3)12-14-25/h6-7,9-14,16-17,21-23H,5H2,1-3H3. The largest absolute Gasteiger partial charge is 0.101 e. The van der Waals surface area contributed by atoms with Gasteiger partial charge in [-0.05, 0) is 79.1 Å². The minimum absolute atomic E-state index is 0.928. The van der Waals surface area contributed by atoms with Crippen molar-refractivity contribution in [2.45, 2.75) is 27.2 Å². The van der Waals surface area contributed by atoms with E-state index in [2.05, 4.69) is 122 Å². The molecule has 0 amide bonds. The highest BCUT2D eigenvalue weighted by molar-refractivity contribution is 5.93. The van der Waals surface area contributed by atoms with Gasteiger partial charge in [0.05, 0.1) is 0 Å². The van der Waals surface area contributed by atoms with Gasteiger partial charge in [0.2, 0.25) is 0 Å². The zero-order valence-corrected chi connectivity index (χ0v) is 18.7. The first-order valence-electron chi connectivity index (χ1n) is 10.9. The fraction of sp³-hybridized carbons (Fsp3) is 0.125. The summed E-state index contributed by atoms with van der Waals surface area (Å²) in [7, 11) is 0.